The van der Waals surface area contributed by atoms with Crippen molar-refractivity contribution in [2.75, 3.05) is 11.1 Å². The van der Waals surface area contributed by atoms with Gasteiger partial charge >= 0.3 is 0 Å². The van der Waals surface area contributed by atoms with Crippen molar-refractivity contribution < 1.29 is 4.79 Å². The van der Waals surface area contributed by atoms with Crippen molar-refractivity contribution in [3.63, 3.8) is 0 Å². The van der Waals surface area contributed by atoms with Crippen LogP contribution in [0.15, 0.2) is 46.2 Å². The van der Waals surface area contributed by atoms with Crippen molar-refractivity contribution in [2.45, 2.75) is 4.21 Å². The molecule has 0 aliphatic carbocycles. The fourth-order valence-electron chi connectivity index (χ4n) is 1.12. The van der Waals surface area contributed by atoms with Crippen molar-refractivity contribution in [3.05, 3.63) is 42.0 Å². The highest BCUT2D eigenvalue weighted by molar-refractivity contribution is 8.01. The van der Waals surface area contributed by atoms with Crippen LogP contribution in [0.1, 0.15) is 0 Å². The van der Waals surface area contributed by atoms with E-state index in [1.165, 1.54) is 0 Å². The summed E-state index contributed by atoms with van der Waals surface area (Å²) in [5, 5.41) is 4.79. The topological polar surface area (TPSA) is 42.0 Å². The maximum absolute atomic E-state index is 11.6. The molecule has 0 bridgehead atoms. The molecule has 2 heterocycles. The molecular formula is C11H10N2OS2. The van der Waals surface area contributed by atoms with Crippen LogP contribution in [-0.4, -0.2) is 16.6 Å². The van der Waals surface area contributed by atoms with Crippen LogP contribution in [0.3, 0.4) is 0 Å². The summed E-state index contributed by atoms with van der Waals surface area (Å²) in [7, 11) is 0. The lowest BCUT2D eigenvalue weighted by Gasteiger charge is -2.02. The average Bonchev–Trinajstić information content (AvgIpc) is 2.81. The summed E-state index contributed by atoms with van der Waals surface area (Å²) < 4.78 is 1.15. The van der Waals surface area contributed by atoms with Crippen LogP contribution in [0, 0.1) is 0 Å². The second-order valence-electron chi connectivity index (χ2n) is 3.01. The Balaban J connectivity index is 1.81. The largest absolute Gasteiger partial charge is 0.324 e. The van der Waals surface area contributed by atoms with Gasteiger partial charge in [-0.2, -0.15) is 0 Å². The van der Waals surface area contributed by atoms with Crippen LogP contribution in [0.5, 0.6) is 0 Å². The number of hydrogen-bond donors (Lipinski definition) is 1. The van der Waals surface area contributed by atoms with Gasteiger partial charge in [0.05, 0.1) is 21.8 Å². The van der Waals surface area contributed by atoms with Gasteiger partial charge in [-0.05, 0) is 23.6 Å². The van der Waals surface area contributed by atoms with Gasteiger partial charge in [0.25, 0.3) is 0 Å². The molecule has 1 N–H and O–H groups in total. The van der Waals surface area contributed by atoms with E-state index in [2.05, 4.69) is 10.3 Å². The van der Waals surface area contributed by atoms with Gasteiger partial charge in [-0.1, -0.05) is 6.07 Å². The third-order valence-corrected chi connectivity index (χ3v) is 3.92. The molecule has 2 rings (SSSR count). The third kappa shape index (κ3) is 3.36. The molecule has 1 amide bonds. The fraction of sp³-hybridized carbons (Fsp3) is 0.0909. The summed E-state index contributed by atoms with van der Waals surface area (Å²) in [6.45, 7) is 0. The number of aromatic nitrogens is 1. The van der Waals surface area contributed by atoms with E-state index in [1.807, 2.05) is 23.6 Å². The van der Waals surface area contributed by atoms with Crippen molar-refractivity contribution in [2.24, 2.45) is 0 Å². The number of hydrogen-bond acceptors (Lipinski definition) is 4. The Labute approximate surface area is 102 Å². The first kappa shape index (κ1) is 11.2. The zero-order chi connectivity index (χ0) is 11.2. The Bertz CT molecular complexity index is 442. The smallest absolute Gasteiger partial charge is 0.234 e. The Morgan fingerprint density at radius 1 is 1.44 bits per heavy atom. The van der Waals surface area contributed by atoms with Gasteiger partial charge in [0.1, 0.15) is 0 Å². The lowest BCUT2D eigenvalue weighted by Crippen LogP contribution is -2.13. The molecule has 0 radical (unpaired) electrons. The number of anilines is 1. The number of nitrogens with one attached hydrogen (secondary N) is 1. The number of pyridine rings is 1. The van der Waals surface area contributed by atoms with Crippen LogP contribution in [0.25, 0.3) is 0 Å². The molecule has 0 aliphatic heterocycles. The summed E-state index contributed by atoms with van der Waals surface area (Å²) >= 11 is 3.18. The molecule has 16 heavy (non-hydrogen) atoms. The molecule has 0 saturated heterocycles. The quantitative estimate of drug-likeness (QED) is 0.848. The summed E-state index contributed by atoms with van der Waals surface area (Å²) in [6.07, 6.45) is 3.31. The van der Waals surface area contributed by atoms with Gasteiger partial charge in [0.15, 0.2) is 0 Å². The molecule has 0 atom stereocenters. The highest BCUT2D eigenvalue weighted by Gasteiger charge is 2.03. The minimum Gasteiger partial charge on any atom is -0.324 e. The molecule has 2 aromatic heterocycles. The Kier molecular flexibility index (Phi) is 3.96. The highest BCUT2D eigenvalue weighted by atomic mass is 32.2. The lowest BCUT2D eigenvalue weighted by molar-refractivity contribution is -0.113. The molecule has 0 aromatic carbocycles. The third-order valence-electron chi connectivity index (χ3n) is 1.79. The zero-order valence-electron chi connectivity index (χ0n) is 8.42. The van der Waals surface area contributed by atoms with E-state index in [0.717, 1.165) is 9.90 Å². The second-order valence-corrected chi connectivity index (χ2v) is 5.23. The van der Waals surface area contributed by atoms with Gasteiger partial charge < -0.3 is 5.32 Å². The van der Waals surface area contributed by atoms with Crippen LogP contribution in [0.4, 0.5) is 5.69 Å². The standard InChI is InChI=1S/C11H10N2OS2/c14-10(8-16-11-4-2-6-15-11)13-9-3-1-5-12-7-9/h1-7H,8H2,(H,13,14). The first-order valence-corrected chi connectivity index (χ1v) is 6.57. The number of nitrogens with zero attached hydrogens (tertiary/aromatic N) is 1. The molecule has 0 aliphatic rings. The van der Waals surface area contributed by atoms with E-state index >= 15 is 0 Å². The first-order chi connectivity index (χ1) is 7.84. The van der Waals surface area contributed by atoms with Crippen molar-refractivity contribution in [3.8, 4) is 0 Å². The van der Waals surface area contributed by atoms with Gasteiger partial charge in [-0.25, -0.2) is 0 Å². The number of rotatable bonds is 4. The lowest BCUT2D eigenvalue weighted by atomic mass is 10.4. The van der Waals surface area contributed by atoms with Crippen LogP contribution in [-0.2, 0) is 4.79 Å². The minimum atomic E-state index is -0.00796. The predicted octanol–water partition coefficient (Wildman–Crippen LogP) is 2.87. The Morgan fingerprint density at radius 3 is 3.06 bits per heavy atom. The monoisotopic (exact) mass is 250 g/mol. The van der Waals surface area contributed by atoms with E-state index in [0.29, 0.717) is 5.75 Å². The molecular weight excluding hydrogens is 240 g/mol. The first-order valence-electron chi connectivity index (χ1n) is 4.71. The number of thioether (sulfide) groups is 1. The van der Waals surface area contributed by atoms with E-state index in [-0.39, 0.29) is 5.91 Å². The molecule has 0 fully saturated rings. The molecule has 2 aromatic rings. The van der Waals surface area contributed by atoms with E-state index in [4.69, 9.17) is 0 Å². The van der Waals surface area contributed by atoms with Gasteiger partial charge in [0.2, 0.25) is 5.91 Å². The van der Waals surface area contributed by atoms with Crippen LogP contribution in [0.2, 0.25) is 0 Å². The minimum absolute atomic E-state index is 0.00796. The summed E-state index contributed by atoms with van der Waals surface area (Å²) in [5.41, 5.74) is 0.735. The van der Waals surface area contributed by atoms with Crippen LogP contribution >= 0.6 is 23.1 Å². The van der Waals surface area contributed by atoms with Gasteiger partial charge in [-0.15, -0.1) is 23.1 Å². The van der Waals surface area contributed by atoms with Crippen molar-refractivity contribution in [1.82, 2.24) is 4.98 Å². The predicted molar refractivity (Wildman–Crippen MR) is 67.9 cm³/mol. The number of carbonyl (C=O) groups excluding carboxylic acids is 1. The fourth-order valence-corrected chi connectivity index (χ4v) is 2.70. The summed E-state index contributed by atoms with van der Waals surface area (Å²) in [6, 6.07) is 7.60. The molecule has 3 nitrogen and oxygen atoms in total. The number of carbonyl (C=O) groups is 1. The van der Waals surface area contributed by atoms with Crippen molar-refractivity contribution >= 4 is 34.7 Å². The zero-order valence-corrected chi connectivity index (χ0v) is 10.1. The summed E-state index contributed by atoms with van der Waals surface area (Å²) in [4.78, 5) is 15.5. The van der Waals surface area contributed by atoms with E-state index < -0.39 is 0 Å². The van der Waals surface area contributed by atoms with Gasteiger partial charge in [0, 0.05) is 6.20 Å². The van der Waals surface area contributed by atoms with Crippen molar-refractivity contribution in [1.29, 1.82) is 0 Å². The SMILES string of the molecule is O=C(CSc1cccs1)Nc1cccnc1. The second kappa shape index (κ2) is 5.67. The molecule has 0 spiro atoms. The molecule has 82 valence electrons. The van der Waals surface area contributed by atoms with Crippen LogP contribution < -0.4 is 5.32 Å². The molecule has 0 unspecified atom stereocenters. The normalized spacial score (nSPS) is 10.0. The maximum atomic E-state index is 11.6. The van der Waals surface area contributed by atoms with E-state index in [1.54, 1.807) is 41.6 Å². The van der Waals surface area contributed by atoms with Gasteiger partial charge in [-0.3, -0.25) is 9.78 Å². The molecule has 5 heteroatoms. The highest BCUT2D eigenvalue weighted by Crippen LogP contribution is 2.23. The summed E-state index contributed by atoms with van der Waals surface area (Å²) in [5.74, 6) is 0.418. The number of thiophene rings is 1. The average molecular weight is 250 g/mol. The number of amides is 1. The van der Waals surface area contributed by atoms with E-state index in [9.17, 15) is 4.79 Å². The Morgan fingerprint density at radius 2 is 2.38 bits per heavy atom. The maximum Gasteiger partial charge on any atom is 0.234 e. The Hall–Kier alpha value is -1.33. The molecule has 0 saturated carbocycles.